The molecular weight excluding hydrogens is 346 g/mol. The number of H-pyrrole nitrogens is 1. The van der Waals surface area contributed by atoms with Crippen molar-refractivity contribution < 1.29 is 24.1 Å². The Hall–Kier alpha value is -2.68. The van der Waals surface area contributed by atoms with Crippen LogP contribution in [-0.4, -0.2) is 47.6 Å². The largest absolute Gasteiger partial charge is 0.493 e. The predicted octanol–water partition coefficient (Wildman–Crippen LogP) is 2.61. The average molecular weight is 365 g/mol. The van der Waals surface area contributed by atoms with Gasteiger partial charge in [0, 0.05) is 6.42 Å². The Morgan fingerprint density at radius 2 is 1.88 bits per heavy atom. The highest BCUT2D eigenvalue weighted by molar-refractivity contribution is 8.04. The summed E-state index contributed by atoms with van der Waals surface area (Å²) in [6.45, 7) is 1.93. The molecule has 0 fully saturated rings. The average Bonchev–Trinajstić information content (AvgIpc) is 3.07. The Balaban J connectivity index is 2.40. The molecule has 1 heterocycles. The van der Waals surface area contributed by atoms with Gasteiger partial charge in [0.15, 0.2) is 11.5 Å². The predicted molar refractivity (Wildman–Crippen MR) is 93.3 cm³/mol. The van der Waals surface area contributed by atoms with Crippen molar-refractivity contribution in [2.24, 2.45) is 0 Å². The second kappa shape index (κ2) is 8.43. The summed E-state index contributed by atoms with van der Waals surface area (Å²) in [5.74, 6) is 0.929. The number of hydrogen-bond acceptors (Lipinski definition) is 7. The van der Waals surface area contributed by atoms with Gasteiger partial charge in [0.2, 0.25) is 10.9 Å². The topological polar surface area (TPSA) is 107 Å². The number of nitrogens with one attached hydrogen (secondary N) is 1. The van der Waals surface area contributed by atoms with Gasteiger partial charge in [0.1, 0.15) is 10.7 Å². The zero-order chi connectivity index (χ0) is 18.4. The van der Waals surface area contributed by atoms with E-state index >= 15 is 0 Å². The van der Waals surface area contributed by atoms with E-state index in [9.17, 15) is 9.90 Å². The quantitative estimate of drug-likeness (QED) is 0.543. The molecule has 0 radical (unpaired) electrons. The monoisotopic (exact) mass is 365 g/mol. The molecule has 0 bridgehead atoms. The standard InChI is InChI=1S/C16H19N3O5S/c1-5-13-17-16(19-18-13)25-12(15(20)21)8-9-6-10(22-2)14(24-4)11(7-9)23-3/h6-8H,5H2,1-4H3,(H,20,21)(H,17,18,19)/b12-8+. The molecule has 0 amide bonds. The fourth-order valence-electron chi connectivity index (χ4n) is 2.05. The molecule has 0 unspecified atom stereocenters. The summed E-state index contributed by atoms with van der Waals surface area (Å²) in [5, 5.41) is 16.6. The number of aliphatic carboxylic acids is 1. The van der Waals surface area contributed by atoms with Crippen molar-refractivity contribution in [1.29, 1.82) is 0 Å². The molecular formula is C16H19N3O5S. The summed E-state index contributed by atoms with van der Waals surface area (Å²) in [4.78, 5) is 15.9. The Morgan fingerprint density at radius 3 is 2.32 bits per heavy atom. The van der Waals surface area contributed by atoms with Gasteiger partial charge < -0.3 is 19.3 Å². The summed E-state index contributed by atoms with van der Waals surface area (Å²) >= 11 is 0.960. The van der Waals surface area contributed by atoms with Gasteiger partial charge in [-0.1, -0.05) is 6.92 Å². The number of carboxylic acid groups (broad SMARTS) is 1. The lowest BCUT2D eigenvalue weighted by molar-refractivity contribution is -0.131. The lowest BCUT2D eigenvalue weighted by Crippen LogP contribution is -1.99. The summed E-state index contributed by atoms with van der Waals surface area (Å²) < 4.78 is 15.8. The van der Waals surface area contributed by atoms with E-state index in [0.29, 0.717) is 40.2 Å². The summed E-state index contributed by atoms with van der Waals surface area (Å²) in [6.07, 6.45) is 2.19. The molecule has 2 aromatic rings. The van der Waals surface area contributed by atoms with Gasteiger partial charge in [-0.2, -0.15) is 0 Å². The van der Waals surface area contributed by atoms with E-state index in [2.05, 4.69) is 15.2 Å². The molecule has 0 aliphatic heterocycles. The van der Waals surface area contributed by atoms with Crippen LogP contribution in [0.4, 0.5) is 0 Å². The van der Waals surface area contributed by atoms with Gasteiger partial charge in [-0.05, 0) is 35.5 Å². The van der Waals surface area contributed by atoms with Crippen LogP contribution in [0.1, 0.15) is 18.3 Å². The minimum atomic E-state index is -1.08. The van der Waals surface area contributed by atoms with E-state index < -0.39 is 5.97 Å². The molecule has 0 aliphatic carbocycles. The third kappa shape index (κ3) is 4.44. The summed E-state index contributed by atoms with van der Waals surface area (Å²) in [6, 6.07) is 3.33. The van der Waals surface area contributed by atoms with Crippen molar-refractivity contribution in [3.63, 3.8) is 0 Å². The maximum absolute atomic E-state index is 11.6. The molecule has 1 aromatic carbocycles. The minimum absolute atomic E-state index is 0.0657. The number of thioether (sulfide) groups is 1. The highest BCUT2D eigenvalue weighted by Gasteiger charge is 2.16. The highest BCUT2D eigenvalue weighted by Crippen LogP contribution is 2.39. The Labute approximate surface area is 149 Å². The van der Waals surface area contributed by atoms with Crippen molar-refractivity contribution in [1.82, 2.24) is 15.2 Å². The number of carbonyl (C=O) groups is 1. The first kappa shape index (κ1) is 18.7. The molecule has 0 spiro atoms. The van der Waals surface area contributed by atoms with E-state index in [0.717, 1.165) is 11.8 Å². The number of ether oxygens (including phenoxy) is 3. The molecule has 0 saturated carbocycles. The lowest BCUT2D eigenvalue weighted by Gasteiger charge is -2.13. The first-order chi connectivity index (χ1) is 12.0. The number of carboxylic acids is 1. The fourth-order valence-corrected chi connectivity index (χ4v) is 2.78. The Morgan fingerprint density at radius 1 is 1.24 bits per heavy atom. The van der Waals surface area contributed by atoms with Gasteiger partial charge in [-0.25, -0.2) is 9.78 Å². The van der Waals surface area contributed by atoms with E-state index in [1.54, 1.807) is 12.1 Å². The van der Waals surface area contributed by atoms with Gasteiger partial charge in [0.05, 0.1) is 21.3 Å². The Kier molecular flexibility index (Phi) is 6.29. The molecule has 1 aromatic heterocycles. The molecule has 25 heavy (non-hydrogen) atoms. The molecule has 8 nitrogen and oxygen atoms in total. The van der Waals surface area contributed by atoms with Crippen LogP contribution < -0.4 is 14.2 Å². The van der Waals surface area contributed by atoms with Crippen molar-refractivity contribution in [2.75, 3.05) is 21.3 Å². The number of methoxy groups -OCH3 is 3. The van der Waals surface area contributed by atoms with E-state index in [1.165, 1.54) is 27.4 Å². The van der Waals surface area contributed by atoms with Crippen LogP contribution in [0.25, 0.3) is 6.08 Å². The number of aromatic nitrogens is 3. The summed E-state index contributed by atoms with van der Waals surface area (Å²) in [5.41, 5.74) is 0.589. The maximum Gasteiger partial charge on any atom is 0.342 e. The van der Waals surface area contributed by atoms with Crippen LogP contribution in [0.15, 0.2) is 22.2 Å². The van der Waals surface area contributed by atoms with Crippen molar-refractivity contribution in [3.8, 4) is 17.2 Å². The number of rotatable bonds is 8. The fraction of sp³-hybridized carbons (Fsp3) is 0.312. The number of nitrogens with zero attached hydrogens (tertiary/aromatic N) is 2. The first-order valence-electron chi connectivity index (χ1n) is 7.36. The molecule has 0 saturated heterocycles. The molecule has 2 rings (SSSR count). The van der Waals surface area contributed by atoms with Crippen LogP contribution in [-0.2, 0) is 11.2 Å². The molecule has 9 heteroatoms. The van der Waals surface area contributed by atoms with Crippen molar-refractivity contribution >= 4 is 23.8 Å². The number of benzene rings is 1. The van der Waals surface area contributed by atoms with Crippen molar-refractivity contribution in [2.45, 2.75) is 18.5 Å². The van der Waals surface area contributed by atoms with Gasteiger partial charge in [-0.15, -0.1) is 5.10 Å². The van der Waals surface area contributed by atoms with Crippen molar-refractivity contribution in [3.05, 3.63) is 28.4 Å². The van der Waals surface area contributed by atoms with Gasteiger partial charge >= 0.3 is 5.97 Å². The van der Waals surface area contributed by atoms with Crippen LogP contribution in [0.2, 0.25) is 0 Å². The Bertz CT molecular complexity index is 763. The first-order valence-corrected chi connectivity index (χ1v) is 8.18. The third-order valence-electron chi connectivity index (χ3n) is 3.24. The number of aryl methyl sites for hydroxylation is 1. The van der Waals surface area contributed by atoms with E-state index in [4.69, 9.17) is 14.2 Å². The van der Waals surface area contributed by atoms with E-state index in [-0.39, 0.29) is 4.91 Å². The lowest BCUT2D eigenvalue weighted by atomic mass is 10.1. The second-order valence-electron chi connectivity index (χ2n) is 4.79. The summed E-state index contributed by atoms with van der Waals surface area (Å²) in [7, 11) is 4.50. The minimum Gasteiger partial charge on any atom is -0.493 e. The van der Waals surface area contributed by atoms with Crippen LogP contribution in [0, 0.1) is 0 Å². The van der Waals surface area contributed by atoms with Crippen LogP contribution in [0.5, 0.6) is 17.2 Å². The zero-order valence-electron chi connectivity index (χ0n) is 14.3. The maximum atomic E-state index is 11.6. The second-order valence-corrected chi connectivity index (χ2v) is 5.80. The highest BCUT2D eigenvalue weighted by atomic mass is 32.2. The molecule has 0 atom stereocenters. The van der Waals surface area contributed by atoms with Gasteiger partial charge in [0.25, 0.3) is 0 Å². The smallest absolute Gasteiger partial charge is 0.342 e. The molecule has 0 aliphatic rings. The van der Waals surface area contributed by atoms with Crippen LogP contribution >= 0.6 is 11.8 Å². The third-order valence-corrected chi connectivity index (χ3v) is 4.12. The SMILES string of the molecule is CCc1nc(S/C(=C/c2cc(OC)c(OC)c(OC)c2)C(=O)O)n[nH]1. The number of aromatic amines is 1. The van der Waals surface area contributed by atoms with Gasteiger partial charge in [-0.3, -0.25) is 5.10 Å². The zero-order valence-corrected chi connectivity index (χ0v) is 15.1. The molecule has 2 N–H and O–H groups in total. The molecule has 134 valence electrons. The van der Waals surface area contributed by atoms with Crippen LogP contribution in [0.3, 0.4) is 0 Å². The number of hydrogen-bond donors (Lipinski definition) is 2. The van der Waals surface area contributed by atoms with E-state index in [1.807, 2.05) is 6.92 Å². The normalized spacial score (nSPS) is 11.3.